The van der Waals surface area contributed by atoms with Gasteiger partial charge in [0, 0.05) is 17.8 Å². The number of rotatable bonds is 8. The molecular weight excluding hydrogens is 397 g/mol. The van der Waals surface area contributed by atoms with Gasteiger partial charge in [0.25, 0.3) is 0 Å². The Kier molecular flexibility index (Phi) is 5.98. The van der Waals surface area contributed by atoms with E-state index >= 15 is 0 Å². The van der Waals surface area contributed by atoms with E-state index in [2.05, 4.69) is 20.6 Å². The molecule has 0 aliphatic rings. The Hall–Kier alpha value is -4.07. The first-order chi connectivity index (χ1) is 15.1. The highest BCUT2D eigenvalue weighted by atomic mass is 19.1. The van der Waals surface area contributed by atoms with E-state index in [9.17, 15) is 14.3 Å². The molecular formula is C23H20FN5O2. The molecule has 0 aliphatic heterocycles. The molecule has 0 aliphatic carbocycles. The molecule has 8 heteroatoms. The van der Waals surface area contributed by atoms with Crippen molar-refractivity contribution in [3.63, 3.8) is 0 Å². The second-order valence-corrected chi connectivity index (χ2v) is 7.07. The number of carbonyl (C=O) groups is 1. The summed E-state index contributed by atoms with van der Waals surface area (Å²) in [6.07, 6.45) is 4.41. The number of H-pyrrole nitrogens is 1. The molecule has 2 aromatic carbocycles. The van der Waals surface area contributed by atoms with E-state index in [0.29, 0.717) is 11.3 Å². The van der Waals surface area contributed by atoms with Gasteiger partial charge in [0.15, 0.2) is 5.76 Å². The lowest BCUT2D eigenvalue weighted by Gasteiger charge is -2.08. The number of aromatic nitrogens is 5. The van der Waals surface area contributed by atoms with Crippen LogP contribution in [0.3, 0.4) is 0 Å². The largest absolute Gasteiger partial charge is 0.504 e. The molecule has 0 bridgehead atoms. The fourth-order valence-corrected chi connectivity index (χ4v) is 3.32. The molecule has 31 heavy (non-hydrogen) atoms. The molecule has 0 radical (unpaired) electrons. The molecule has 0 spiro atoms. The number of ketones is 1. The van der Waals surface area contributed by atoms with Crippen LogP contribution < -0.4 is 0 Å². The van der Waals surface area contributed by atoms with Crippen molar-refractivity contribution in [3.8, 4) is 0 Å². The van der Waals surface area contributed by atoms with Gasteiger partial charge >= 0.3 is 0 Å². The highest BCUT2D eigenvalue weighted by Crippen LogP contribution is 2.18. The van der Waals surface area contributed by atoms with Crippen molar-refractivity contribution in [2.75, 3.05) is 0 Å². The van der Waals surface area contributed by atoms with Crippen LogP contribution >= 0.6 is 0 Å². The lowest BCUT2D eigenvalue weighted by atomic mass is 10.1. The molecule has 7 nitrogen and oxygen atoms in total. The molecule has 156 valence electrons. The van der Waals surface area contributed by atoms with Crippen LogP contribution in [0.15, 0.2) is 72.9 Å². The second-order valence-electron chi connectivity index (χ2n) is 7.07. The number of aliphatic hydroxyl groups is 1. The van der Waals surface area contributed by atoms with Crippen molar-refractivity contribution >= 4 is 11.5 Å². The summed E-state index contributed by atoms with van der Waals surface area (Å²) >= 11 is 0. The summed E-state index contributed by atoms with van der Waals surface area (Å²) < 4.78 is 15.9. The van der Waals surface area contributed by atoms with Crippen molar-refractivity contribution in [1.82, 2.24) is 25.2 Å². The molecule has 2 N–H and O–H groups in total. The van der Waals surface area contributed by atoms with E-state index in [1.54, 1.807) is 28.8 Å². The molecule has 0 unspecified atom stereocenters. The molecule has 0 saturated carbocycles. The van der Waals surface area contributed by atoms with Gasteiger partial charge in [-0.2, -0.15) is 5.21 Å². The first-order valence-corrected chi connectivity index (χ1v) is 9.75. The van der Waals surface area contributed by atoms with E-state index < -0.39 is 11.5 Å². The minimum Gasteiger partial charge on any atom is -0.504 e. The van der Waals surface area contributed by atoms with Crippen LogP contribution in [0.5, 0.6) is 0 Å². The number of hydrogen-bond donors (Lipinski definition) is 2. The number of carbonyl (C=O) groups excluding carboxylic acids is 1. The Balaban J connectivity index is 1.62. The lowest BCUT2D eigenvalue weighted by molar-refractivity contribution is 0.103. The third kappa shape index (κ3) is 4.92. The maximum absolute atomic E-state index is 14.2. The van der Waals surface area contributed by atoms with E-state index in [4.69, 9.17) is 0 Å². The normalized spacial score (nSPS) is 11.6. The second kappa shape index (κ2) is 9.17. The van der Waals surface area contributed by atoms with E-state index in [1.807, 2.05) is 36.5 Å². The van der Waals surface area contributed by atoms with Crippen molar-refractivity contribution in [2.24, 2.45) is 0 Å². The number of benzene rings is 2. The summed E-state index contributed by atoms with van der Waals surface area (Å²) in [6, 6.07) is 18.2. The molecule has 0 atom stereocenters. The molecule has 4 aromatic rings. The molecule has 4 rings (SSSR count). The van der Waals surface area contributed by atoms with Crippen LogP contribution in [0.1, 0.15) is 33.0 Å². The zero-order valence-corrected chi connectivity index (χ0v) is 16.6. The van der Waals surface area contributed by atoms with Crippen LogP contribution in [0.25, 0.3) is 5.76 Å². The predicted octanol–water partition coefficient (Wildman–Crippen LogP) is 3.76. The molecule has 2 heterocycles. The maximum Gasteiger partial charge on any atom is 0.239 e. The number of tetrazole rings is 1. The van der Waals surface area contributed by atoms with Gasteiger partial charge in [0.2, 0.25) is 11.6 Å². The smallest absolute Gasteiger partial charge is 0.239 e. The summed E-state index contributed by atoms with van der Waals surface area (Å²) in [5.74, 6) is -1.26. The number of hydrogen-bond acceptors (Lipinski definition) is 5. The summed E-state index contributed by atoms with van der Waals surface area (Å²) in [5, 5.41) is 23.0. The number of nitrogens with zero attached hydrogens (tertiary/aromatic N) is 4. The van der Waals surface area contributed by atoms with Crippen molar-refractivity contribution < 1.29 is 14.3 Å². The number of aliphatic hydroxyl groups excluding tert-OH is 1. The maximum atomic E-state index is 14.2. The van der Waals surface area contributed by atoms with Gasteiger partial charge in [-0.15, -0.1) is 10.2 Å². The Bertz CT molecular complexity index is 1200. The van der Waals surface area contributed by atoms with Crippen molar-refractivity contribution in [3.05, 3.63) is 107 Å². The first kappa shape index (κ1) is 20.2. The van der Waals surface area contributed by atoms with Gasteiger partial charge in [-0.1, -0.05) is 48.5 Å². The number of allylic oxidation sites excluding steroid dienone is 1. The van der Waals surface area contributed by atoms with Gasteiger partial charge < -0.3 is 9.67 Å². The Morgan fingerprint density at radius 1 is 1.06 bits per heavy atom. The SMILES string of the molecule is O=C(C=C(O)c1nn[nH]n1)c1cc(CCc2ccccc2)cn1Cc1ccccc1F. The minimum absolute atomic E-state index is 0.0788. The van der Waals surface area contributed by atoms with Crippen LogP contribution in [-0.4, -0.2) is 36.1 Å². The molecule has 0 amide bonds. The highest BCUT2D eigenvalue weighted by molar-refractivity contribution is 6.06. The quantitative estimate of drug-likeness (QED) is 0.259. The fraction of sp³-hybridized carbons (Fsp3) is 0.130. The van der Waals surface area contributed by atoms with Crippen LogP contribution in [0.4, 0.5) is 4.39 Å². The average Bonchev–Trinajstić information content (AvgIpc) is 3.45. The predicted molar refractivity (Wildman–Crippen MR) is 113 cm³/mol. The fourth-order valence-electron chi connectivity index (χ4n) is 3.32. The summed E-state index contributed by atoms with van der Waals surface area (Å²) in [4.78, 5) is 12.9. The first-order valence-electron chi connectivity index (χ1n) is 9.75. The Morgan fingerprint density at radius 2 is 1.81 bits per heavy atom. The Labute approximate surface area is 177 Å². The lowest BCUT2D eigenvalue weighted by Crippen LogP contribution is -2.09. The molecule has 0 saturated heterocycles. The van der Waals surface area contributed by atoms with E-state index in [0.717, 1.165) is 24.5 Å². The number of halogens is 1. The highest BCUT2D eigenvalue weighted by Gasteiger charge is 2.16. The number of nitrogens with one attached hydrogen (secondary N) is 1. The van der Waals surface area contributed by atoms with Gasteiger partial charge in [0.05, 0.1) is 12.2 Å². The van der Waals surface area contributed by atoms with Crippen LogP contribution in [0.2, 0.25) is 0 Å². The standard InChI is InChI=1S/C23H20FN5O2/c24-19-9-5-4-8-18(19)15-29-14-17(11-10-16-6-2-1-3-7-16)12-20(29)21(30)13-22(31)23-25-27-28-26-23/h1-9,12-14,31H,10-11,15H2,(H,25,26,27,28). The van der Waals surface area contributed by atoms with Crippen molar-refractivity contribution in [2.45, 2.75) is 19.4 Å². The van der Waals surface area contributed by atoms with Gasteiger partial charge in [-0.3, -0.25) is 4.79 Å². The number of aromatic amines is 1. The van der Waals surface area contributed by atoms with Gasteiger partial charge in [-0.05, 0) is 41.3 Å². The molecule has 2 aromatic heterocycles. The minimum atomic E-state index is -0.440. The summed E-state index contributed by atoms with van der Waals surface area (Å²) in [5.41, 5.74) is 2.93. The topological polar surface area (TPSA) is 96.7 Å². The average molecular weight is 417 g/mol. The van der Waals surface area contributed by atoms with E-state index in [-0.39, 0.29) is 18.2 Å². The molecule has 0 fully saturated rings. The third-order valence-corrected chi connectivity index (χ3v) is 4.89. The van der Waals surface area contributed by atoms with Gasteiger partial charge in [0.1, 0.15) is 5.82 Å². The van der Waals surface area contributed by atoms with Crippen molar-refractivity contribution in [1.29, 1.82) is 0 Å². The van der Waals surface area contributed by atoms with Gasteiger partial charge in [-0.25, -0.2) is 4.39 Å². The third-order valence-electron chi connectivity index (χ3n) is 4.89. The Morgan fingerprint density at radius 3 is 2.55 bits per heavy atom. The summed E-state index contributed by atoms with van der Waals surface area (Å²) in [7, 11) is 0. The zero-order valence-electron chi connectivity index (χ0n) is 16.6. The van der Waals surface area contributed by atoms with Crippen LogP contribution in [0, 0.1) is 5.82 Å². The zero-order chi connectivity index (χ0) is 21.6. The van der Waals surface area contributed by atoms with E-state index in [1.165, 1.54) is 11.6 Å². The summed E-state index contributed by atoms with van der Waals surface area (Å²) in [6.45, 7) is 0.190. The monoisotopic (exact) mass is 417 g/mol. The van der Waals surface area contributed by atoms with Crippen LogP contribution in [-0.2, 0) is 19.4 Å². The number of aryl methyl sites for hydroxylation is 2.